The van der Waals surface area contributed by atoms with E-state index in [0.29, 0.717) is 12.0 Å². The van der Waals surface area contributed by atoms with Gasteiger partial charge < -0.3 is 15.5 Å². The second kappa shape index (κ2) is 5.56. The van der Waals surface area contributed by atoms with E-state index in [-0.39, 0.29) is 0 Å². The van der Waals surface area contributed by atoms with Gasteiger partial charge in [0.1, 0.15) is 17.5 Å². The normalized spacial score (nSPS) is 23.6. The number of aromatic nitrogens is 2. The Hall–Kier alpha value is -1.36. The SMILES string of the molecule is CNc1nc(C2CC2)nc(NC2CCCN(C)C2)c1C. The Labute approximate surface area is 121 Å². The molecule has 2 fully saturated rings. The molecule has 0 bridgehead atoms. The Morgan fingerprint density at radius 3 is 2.55 bits per heavy atom. The lowest BCUT2D eigenvalue weighted by Gasteiger charge is -2.31. The summed E-state index contributed by atoms with van der Waals surface area (Å²) in [6.45, 7) is 4.39. The molecule has 1 atom stereocenters. The summed E-state index contributed by atoms with van der Waals surface area (Å²) >= 11 is 0. The minimum Gasteiger partial charge on any atom is -0.373 e. The van der Waals surface area contributed by atoms with Gasteiger partial charge in [-0.1, -0.05) is 0 Å². The molecule has 1 aliphatic heterocycles. The van der Waals surface area contributed by atoms with Gasteiger partial charge in [-0.05, 0) is 46.2 Å². The summed E-state index contributed by atoms with van der Waals surface area (Å²) in [6.07, 6.45) is 4.95. The van der Waals surface area contributed by atoms with E-state index in [4.69, 9.17) is 4.98 Å². The van der Waals surface area contributed by atoms with Crippen molar-refractivity contribution in [2.45, 2.75) is 44.6 Å². The molecule has 0 amide bonds. The zero-order valence-electron chi connectivity index (χ0n) is 12.7. The van der Waals surface area contributed by atoms with Gasteiger partial charge in [-0.15, -0.1) is 0 Å². The number of rotatable bonds is 4. The van der Waals surface area contributed by atoms with E-state index < -0.39 is 0 Å². The van der Waals surface area contributed by atoms with Crippen LogP contribution in [0.3, 0.4) is 0 Å². The third-order valence-electron chi connectivity index (χ3n) is 4.31. The summed E-state index contributed by atoms with van der Waals surface area (Å²) in [5, 5.41) is 6.85. The molecular weight excluding hydrogens is 250 g/mol. The molecule has 20 heavy (non-hydrogen) atoms. The molecule has 3 rings (SSSR count). The summed E-state index contributed by atoms with van der Waals surface area (Å²) in [5.41, 5.74) is 1.13. The van der Waals surface area contributed by atoms with Gasteiger partial charge in [0.15, 0.2) is 0 Å². The van der Waals surface area contributed by atoms with E-state index in [0.717, 1.165) is 29.6 Å². The highest BCUT2D eigenvalue weighted by molar-refractivity contribution is 5.57. The molecule has 1 aromatic heterocycles. The molecule has 1 unspecified atom stereocenters. The van der Waals surface area contributed by atoms with E-state index >= 15 is 0 Å². The van der Waals surface area contributed by atoms with Crippen LogP contribution >= 0.6 is 0 Å². The first-order chi connectivity index (χ1) is 9.67. The summed E-state index contributed by atoms with van der Waals surface area (Å²) in [6, 6.07) is 0.499. The van der Waals surface area contributed by atoms with Crippen LogP contribution in [0.15, 0.2) is 0 Å². The molecule has 1 saturated carbocycles. The number of anilines is 2. The van der Waals surface area contributed by atoms with Crippen molar-refractivity contribution in [3.8, 4) is 0 Å². The minimum absolute atomic E-state index is 0.499. The van der Waals surface area contributed by atoms with Gasteiger partial charge in [-0.3, -0.25) is 0 Å². The first-order valence-electron chi connectivity index (χ1n) is 7.68. The molecule has 1 aliphatic carbocycles. The van der Waals surface area contributed by atoms with Crippen molar-refractivity contribution in [1.82, 2.24) is 14.9 Å². The number of nitrogens with zero attached hydrogens (tertiary/aromatic N) is 3. The van der Waals surface area contributed by atoms with Crippen molar-refractivity contribution in [1.29, 1.82) is 0 Å². The minimum atomic E-state index is 0.499. The first-order valence-corrected chi connectivity index (χ1v) is 7.68. The van der Waals surface area contributed by atoms with Crippen molar-refractivity contribution in [3.05, 3.63) is 11.4 Å². The zero-order chi connectivity index (χ0) is 14.1. The van der Waals surface area contributed by atoms with Crippen LogP contribution in [0.1, 0.15) is 43.0 Å². The fourth-order valence-corrected chi connectivity index (χ4v) is 2.92. The maximum absolute atomic E-state index is 4.78. The van der Waals surface area contributed by atoms with Crippen LogP contribution in [-0.2, 0) is 0 Å². The predicted octanol–water partition coefficient (Wildman–Crippen LogP) is 2.21. The predicted molar refractivity (Wildman–Crippen MR) is 82.4 cm³/mol. The van der Waals surface area contributed by atoms with Gasteiger partial charge in [0.25, 0.3) is 0 Å². The molecule has 0 aromatic carbocycles. The third-order valence-corrected chi connectivity index (χ3v) is 4.31. The molecule has 0 radical (unpaired) electrons. The fraction of sp³-hybridized carbons (Fsp3) is 0.733. The molecule has 5 nitrogen and oxygen atoms in total. The van der Waals surface area contributed by atoms with Crippen LogP contribution in [0.5, 0.6) is 0 Å². The standard InChI is InChI=1S/C15H25N5/c1-10-13(16-2)18-15(11-6-7-11)19-14(10)17-12-5-4-8-20(3)9-12/h11-12H,4-9H2,1-3H3,(H2,16,17,18,19). The summed E-state index contributed by atoms with van der Waals surface area (Å²) in [7, 11) is 4.12. The van der Waals surface area contributed by atoms with E-state index in [2.05, 4.69) is 34.5 Å². The molecule has 2 aliphatic rings. The second-order valence-electron chi connectivity index (χ2n) is 6.17. The Kier molecular flexibility index (Phi) is 3.78. The monoisotopic (exact) mass is 275 g/mol. The number of nitrogens with one attached hydrogen (secondary N) is 2. The highest BCUT2D eigenvalue weighted by Crippen LogP contribution is 2.39. The van der Waals surface area contributed by atoms with Gasteiger partial charge in [0.2, 0.25) is 0 Å². The lowest BCUT2D eigenvalue weighted by atomic mass is 10.1. The zero-order valence-corrected chi connectivity index (χ0v) is 12.7. The molecule has 1 saturated heterocycles. The topological polar surface area (TPSA) is 53.1 Å². The summed E-state index contributed by atoms with van der Waals surface area (Å²) < 4.78 is 0. The average Bonchev–Trinajstić information content (AvgIpc) is 3.25. The molecular formula is C15H25N5. The number of hydrogen-bond acceptors (Lipinski definition) is 5. The summed E-state index contributed by atoms with van der Waals surface area (Å²) in [4.78, 5) is 11.8. The van der Waals surface area contributed by atoms with Crippen molar-refractivity contribution < 1.29 is 0 Å². The highest BCUT2D eigenvalue weighted by Gasteiger charge is 2.28. The maximum Gasteiger partial charge on any atom is 0.136 e. The van der Waals surface area contributed by atoms with Gasteiger partial charge in [0, 0.05) is 31.1 Å². The second-order valence-corrected chi connectivity index (χ2v) is 6.17. The fourth-order valence-electron chi connectivity index (χ4n) is 2.92. The lowest BCUT2D eigenvalue weighted by Crippen LogP contribution is -2.40. The first kappa shape index (κ1) is 13.6. The van der Waals surface area contributed by atoms with Gasteiger partial charge >= 0.3 is 0 Å². The van der Waals surface area contributed by atoms with Crippen LogP contribution < -0.4 is 10.6 Å². The smallest absolute Gasteiger partial charge is 0.136 e. The Morgan fingerprint density at radius 1 is 1.15 bits per heavy atom. The van der Waals surface area contributed by atoms with Crippen molar-refractivity contribution in [2.24, 2.45) is 0 Å². The highest BCUT2D eigenvalue weighted by atomic mass is 15.2. The average molecular weight is 275 g/mol. The van der Waals surface area contributed by atoms with Crippen LogP contribution in [0.2, 0.25) is 0 Å². The van der Waals surface area contributed by atoms with E-state index in [9.17, 15) is 0 Å². The largest absolute Gasteiger partial charge is 0.373 e. The molecule has 110 valence electrons. The Bertz CT molecular complexity index is 483. The van der Waals surface area contributed by atoms with Gasteiger partial charge in [-0.2, -0.15) is 0 Å². The van der Waals surface area contributed by atoms with Crippen LogP contribution in [0.4, 0.5) is 11.6 Å². The Morgan fingerprint density at radius 2 is 1.90 bits per heavy atom. The number of hydrogen-bond donors (Lipinski definition) is 2. The van der Waals surface area contributed by atoms with Gasteiger partial charge in [0.05, 0.1) is 0 Å². The molecule has 2 N–H and O–H groups in total. The molecule has 0 spiro atoms. The summed E-state index contributed by atoms with van der Waals surface area (Å²) in [5.74, 6) is 3.57. The van der Waals surface area contributed by atoms with Crippen LogP contribution in [0, 0.1) is 6.92 Å². The van der Waals surface area contributed by atoms with Crippen molar-refractivity contribution >= 4 is 11.6 Å². The molecule has 2 heterocycles. The lowest BCUT2D eigenvalue weighted by molar-refractivity contribution is 0.260. The third kappa shape index (κ3) is 2.87. The number of likely N-dealkylation sites (tertiary alicyclic amines) is 1. The maximum atomic E-state index is 4.78. The van der Waals surface area contributed by atoms with Crippen LogP contribution in [-0.4, -0.2) is 48.1 Å². The number of piperidine rings is 1. The van der Waals surface area contributed by atoms with Crippen LogP contribution in [0.25, 0.3) is 0 Å². The van der Waals surface area contributed by atoms with Gasteiger partial charge in [-0.25, -0.2) is 9.97 Å². The van der Waals surface area contributed by atoms with E-state index in [1.807, 2.05) is 7.05 Å². The van der Waals surface area contributed by atoms with Crippen molar-refractivity contribution in [3.63, 3.8) is 0 Å². The molecule has 1 aromatic rings. The van der Waals surface area contributed by atoms with Crippen molar-refractivity contribution in [2.75, 3.05) is 37.8 Å². The van der Waals surface area contributed by atoms with E-state index in [1.54, 1.807) is 0 Å². The molecule has 5 heteroatoms. The van der Waals surface area contributed by atoms with E-state index in [1.165, 1.54) is 32.2 Å². The Balaban J connectivity index is 1.81. The quantitative estimate of drug-likeness (QED) is 0.882. The number of likely N-dealkylation sites (N-methyl/N-ethyl adjacent to an activating group) is 1.